The van der Waals surface area contributed by atoms with Crippen LogP contribution in [0.3, 0.4) is 0 Å². The van der Waals surface area contributed by atoms with E-state index in [-0.39, 0.29) is 48.2 Å². The molecule has 1 aromatic rings. The monoisotopic (exact) mass is 522 g/mol. The number of carbonyl (C=O) groups is 2. The van der Waals surface area contributed by atoms with Gasteiger partial charge in [-0.25, -0.2) is 8.42 Å². The molecule has 11 nitrogen and oxygen atoms in total. The summed E-state index contributed by atoms with van der Waals surface area (Å²) in [7, 11) is -4.01. The van der Waals surface area contributed by atoms with Crippen LogP contribution in [-0.2, 0) is 30.8 Å². The number of aliphatic imine (C=N–C) groups is 1. The first kappa shape index (κ1) is 27.7. The maximum Gasteiger partial charge on any atom is 0.302 e. The molecule has 12 heteroatoms. The summed E-state index contributed by atoms with van der Waals surface area (Å²) < 4.78 is 34.8. The molecule has 1 saturated heterocycles. The number of rotatable bonds is 10. The van der Waals surface area contributed by atoms with Gasteiger partial charge in [-0.2, -0.15) is 4.72 Å². The molecule has 0 aromatic heterocycles. The number of guanidine groups is 1. The van der Waals surface area contributed by atoms with Gasteiger partial charge in [0.15, 0.2) is 5.96 Å². The van der Waals surface area contributed by atoms with E-state index in [9.17, 15) is 18.0 Å². The maximum absolute atomic E-state index is 13.5. The number of hydrogen-bond donors (Lipinski definition) is 4. The number of fused-ring (bicyclic) bond motifs is 1. The number of esters is 1. The highest BCUT2D eigenvalue weighted by Crippen LogP contribution is 2.31. The number of amides is 1. The van der Waals surface area contributed by atoms with Gasteiger partial charge in [0, 0.05) is 39.0 Å². The van der Waals surface area contributed by atoms with Gasteiger partial charge in [-0.3, -0.25) is 14.6 Å². The molecule has 2 aliphatic rings. The molecule has 0 bridgehead atoms. The number of piperidine rings is 1. The number of sulfonamides is 1. The molecule has 2 aliphatic heterocycles. The summed E-state index contributed by atoms with van der Waals surface area (Å²) in [6.07, 6.45) is 3.02. The number of hydrogen-bond acceptors (Lipinski definition) is 7. The van der Waals surface area contributed by atoms with Crippen molar-refractivity contribution in [2.45, 2.75) is 56.9 Å². The smallest absolute Gasteiger partial charge is 0.302 e. The molecule has 0 radical (unpaired) electrons. The minimum absolute atomic E-state index is 0.0119. The number of nitrogens with one attached hydrogen (secondary N) is 2. The number of nitrogens with two attached hydrogens (primary N) is 2. The quantitative estimate of drug-likeness (QED) is 0.151. The molecular weight excluding hydrogens is 484 g/mol. The van der Waals surface area contributed by atoms with E-state index in [1.165, 1.54) is 6.92 Å². The first-order chi connectivity index (χ1) is 17.1. The Morgan fingerprint density at radius 2 is 2.11 bits per heavy atom. The summed E-state index contributed by atoms with van der Waals surface area (Å²) >= 11 is 0. The fraction of sp³-hybridized carbons (Fsp3) is 0.625. The van der Waals surface area contributed by atoms with Gasteiger partial charge in [0.05, 0.1) is 12.3 Å². The van der Waals surface area contributed by atoms with Crippen LogP contribution < -0.4 is 21.5 Å². The van der Waals surface area contributed by atoms with E-state index < -0.39 is 16.1 Å². The van der Waals surface area contributed by atoms with Crippen LogP contribution in [-0.4, -0.2) is 70.0 Å². The number of para-hydroxylation sites is 1. The lowest BCUT2D eigenvalue weighted by Crippen LogP contribution is -2.51. The molecule has 0 aliphatic carbocycles. The number of carbonyl (C=O) groups excluding carboxylic acids is 2. The summed E-state index contributed by atoms with van der Waals surface area (Å²) in [5, 5.41) is 3.25. The molecule has 6 N–H and O–H groups in total. The number of ether oxygens (including phenoxy) is 1. The summed E-state index contributed by atoms with van der Waals surface area (Å²) in [6.45, 7) is 5.57. The predicted octanol–water partition coefficient (Wildman–Crippen LogP) is 0.793. The van der Waals surface area contributed by atoms with Crippen LogP contribution in [0.2, 0.25) is 0 Å². The number of anilines is 1. The zero-order chi connectivity index (χ0) is 26.3. The van der Waals surface area contributed by atoms with Crippen molar-refractivity contribution in [2.75, 3.05) is 38.1 Å². The molecule has 1 unspecified atom stereocenters. The van der Waals surface area contributed by atoms with Gasteiger partial charge >= 0.3 is 5.97 Å². The molecule has 1 fully saturated rings. The van der Waals surface area contributed by atoms with Crippen LogP contribution >= 0.6 is 0 Å². The van der Waals surface area contributed by atoms with Gasteiger partial charge in [0.25, 0.3) is 0 Å². The van der Waals surface area contributed by atoms with Gasteiger partial charge in [-0.15, -0.1) is 0 Å². The first-order valence-corrected chi connectivity index (χ1v) is 13.9. The minimum atomic E-state index is -4.01. The Labute approximate surface area is 213 Å². The number of likely N-dealkylation sites (tertiary alicyclic amines) is 1. The van der Waals surface area contributed by atoms with Gasteiger partial charge < -0.3 is 26.4 Å². The topological polar surface area (TPSA) is 169 Å². The molecular formula is C24H38N6O5S. The third-order valence-electron chi connectivity index (χ3n) is 6.49. The van der Waals surface area contributed by atoms with Crippen molar-refractivity contribution in [1.29, 1.82) is 0 Å². The van der Waals surface area contributed by atoms with Crippen LogP contribution in [0.5, 0.6) is 0 Å². The lowest BCUT2D eigenvalue weighted by atomic mass is 9.96. The molecule has 3 atom stereocenters. The second kappa shape index (κ2) is 12.4. The SMILES string of the molecule is CC(=O)OC[C@@H]1CCCN(C(=O)[C@H](CCCN=C(N)N)NS(=O)(=O)c2cccc3c2NCC(C)C3)C1. The van der Waals surface area contributed by atoms with Gasteiger partial charge in [-0.1, -0.05) is 19.1 Å². The Morgan fingerprint density at radius 3 is 2.83 bits per heavy atom. The van der Waals surface area contributed by atoms with Crippen LogP contribution in [0.25, 0.3) is 0 Å². The molecule has 2 heterocycles. The van der Waals surface area contributed by atoms with Crippen molar-refractivity contribution in [3.63, 3.8) is 0 Å². The van der Waals surface area contributed by atoms with Crippen LogP contribution in [0.1, 0.15) is 45.1 Å². The van der Waals surface area contributed by atoms with E-state index in [0.29, 0.717) is 37.7 Å². The van der Waals surface area contributed by atoms with E-state index in [1.54, 1.807) is 17.0 Å². The maximum atomic E-state index is 13.5. The lowest BCUT2D eigenvalue weighted by molar-refractivity contribution is -0.143. The van der Waals surface area contributed by atoms with Crippen molar-refractivity contribution >= 4 is 33.5 Å². The summed E-state index contributed by atoms with van der Waals surface area (Å²) in [4.78, 5) is 30.5. The van der Waals surface area contributed by atoms with Crippen molar-refractivity contribution in [1.82, 2.24) is 9.62 Å². The average Bonchev–Trinajstić information content (AvgIpc) is 2.83. The van der Waals surface area contributed by atoms with E-state index in [1.807, 2.05) is 6.07 Å². The largest absolute Gasteiger partial charge is 0.466 e. The molecule has 200 valence electrons. The standard InChI is InChI=1S/C24H38N6O5S/c1-16-12-19-7-3-9-21(22(19)28-13-16)36(33,34)29-20(8-4-10-27-24(25)26)23(32)30-11-5-6-18(14-30)15-35-17(2)31/h3,7,9,16,18,20,28-29H,4-6,8,10-15H2,1-2H3,(H4,25,26,27)/t16?,18-,20+/m1/s1. The van der Waals surface area contributed by atoms with Crippen LogP contribution in [0, 0.1) is 11.8 Å². The molecule has 1 amide bonds. The Balaban J connectivity index is 1.79. The zero-order valence-electron chi connectivity index (χ0n) is 21.0. The third kappa shape index (κ3) is 7.57. The Bertz CT molecular complexity index is 1070. The normalized spacial score (nSPS) is 20.6. The molecule has 3 rings (SSSR count). The Hall–Kier alpha value is -2.86. The van der Waals surface area contributed by atoms with Gasteiger partial charge in [0.1, 0.15) is 10.9 Å². The predicted molar refractivity (Wildman–Crippen MR) is 138 cm³/mol. The van der Waals surface area contributed by atoms with Crippen LogP contribution in [0.4, 0.5) is 5.69 Å². The summed E-state index contributed by atoms with van der Waals surface area (Å²) in [5.74, 6) is -0.315. The molecule has 0 spiro atoms. The molecule has 36 heavy (non-hydrogen) atoms. The summed E-state index contributed by atoms with van der Waals surface area (Å²) in [6, 6.07) is 4.23. The zero-order valence-corrected chi connectivity index (χ0v) is 21.9. The van der Waals surface area contributed by atoms with E-state index in [4.69, 9.17) is 16.2 Å². The second-order valence-corrected chi connectivity index (χ2v) is 11.4. The van der Waals surface area contributed by atoms with Crippen molar-refractivity contribution < 1.29 is 22.7 Å². The number of benzene rings is 1. The third-order valence-corrected chi connectivity index (χ3v) is 8.01. The highest BCUT2D eigenvalue weighted by atomic mass is 32.2. The number of nitrogens with zero attached hydrogens (tertiary/aromatic N) is 2. The lowest BCUT2D eigenvalue weighted by Gasteiger charge is -2.35. The first-order valence-electron chi connectivity index (χ1n) is 12.4. The summed E-state index contributed by atoms with van der Waals surface area (Å²) in [5.41, 5.74) is 12.3. The van der Waals surface area contributed by atoms with E-state index in [0.717, 1.165) is 24.8 Å². The van der Waals surface area contributed by atoms with Crippen molar-refractivity contribution in [3.05, 3.63) is 23.8 Å². The molecule has 0 saturated carbocycles. The fourth-order valence-electron chi connectivity index (χ4n) is 4.74. The minimum Gasteiger partial charge on any atom is -0.466 e. The average molecular weight is 523 g/mol. The highest BCUT2D eigenvalue weighted by molar-refractivity contribution is 7.89. The Morgan fingerprint density at radius 1 is 1.33 bits per heavy atom. The van der Waals surface area contributed by atoms with Crippen molar-refractivity contribution in [2.24, 2.45) is 28.3 Å². The fourth-order valence-corrected chi connectivity index (χ4v) is 6.19. The van der Waals surface area contributed by atoms with Gasteiger partial charge in [-0.05, 0) is 49.7 Å². The second-order valence-electron chi connectivity index (χ2n) is 9.70. The van der Waals surface area contributed by atoms with E-state index in [2.05, 4.69) is 22.0 Å². The Kier molecular flexibility index (Phi) is 9.55. The van der Waals surface area contributed by atoms with Crippen LogP contribution in [0.15, 0.2) is 28.1 Å². The van der Waals surface area contributed by atoms with Crippen molar-refractivity contribution in [3.8, 4) is 0 Å². The van der Waals surface area contributed by atoms with E-state index >= 15 is 0 Å². The van der Waals surface area contributed by atoms with Gasteiger partial charge in [0.2, 0.25) is 15.9 Å². The molecule has 1 aromatic carbocycles. The highest BCUT2D eigenvalue weighted by Gasteiger charge is 2.33.